The molecule has 1 aromatic heterocycles. The molecule has 1 heterocycles. The Morgan fingerprint density at radius 3 is 2.35 bits per heavy atom. The second-order valence-corrected chi connectivity index (χ2v) is 4.34. The summed E-state index contributed by atoms with van der Waals surface area (Å²) in [5, 5.41) is 14.5. The molecule has 0 radical (unpaired) electrons. The van der Waals surface area contributed by atoms with Gasteiger partial charge < -0.3 is 15.7 Å². The van der Waals surface area contributed by atoms with Crippen LogP contribution in [0, 0.1) is 0 Å². The molecule has 5 nitrogen and oxygen atoms in total. The van der Waals surface area contributed by atoms with Gasteiger partial charge in [0.2, 0.25) is 0 Å². The number of carbonyl (C=O) groups excluding carboxylic acids is 1. The first kappa shape index (κ1) is 14.0. The minimum absolute atomic E-state index is 0.0485. The molecule has 0 bridgehead atoms. The number of pyridine rings is 1. The highest BCUT2D eigenvalue weighted by Gasteiger charge is 2.01. The maximum atomic E-state index is 11.6. The molecule has 0 saturated heterocycles. The van der Waals surface area contributed by atoms with Gasteiger partial charge in [-0.05, 0) is 29.7 Å². The van der Waals surface area contributed by atoms with Gasteiger partial charge in [-0.1, -0.05) is 24.3 Å². The molecule has 0 saturated carbocycles. The van der Waals surface area contributed by atoms with Crippen LogP contribution in [0.3, 0.4) is 0 Å². The summed E-state index contributed by atoms with van der Waals surface area (Å²) < 4.78 is 0. The zero-order valence-corrected chi connectivity index (χ0v) is 11.0. The molecule has 2 amide bonds. The average Bonchev–Trinajstić information content (AvgIpc) is 2.49. The number of aliphatic hydroxyl groups excluding tert-OH is 1. The molecule has 3 N–H and O–H groups in total. The zero-order chi connectivity index (χ0) is 14.2. The van der Waals surface area contributed by atoms with Crippen molar-refractivity contribution in [3.05, 3.63) is 59.9 Å². The highest BCUT2D eigenvalue weighted by molar-refractivity contribution is 5.89. The Labute approximate surface area is 117 Å². The molecule has 104 valence electrons. The van der Waals surface area contributed by atoms with E-state index in [9.17, 15) is 4.79 Å². The second-order valence-electron chi connectivity index (χ2n) is 4.34. The Kier molecular flexibility index (Phi) is 5.08. The molecule has 0 aliphatic heterocycles. The average molecular weight is 271 g/mol. The van der Waals surface area contributed by atoms with Crippen LogP contribution in [0.15, 0.2) is 48.8 Å². The van der Waals surface area contributed by atoms with Crippen molar-refractivity contribution in [2.75, 3.05) is 11.9 Å². The minimum Gasteiger partial charge on any atom is -0.392 e. The standard InChI is InChI=1S/C15H17N3O2/c19-11-13-3-1-12(2-4-13)5-10-17-15(20)18-14-6-8-16-9-7-14/h1-4,6-9,19H,5,10-11H2,(H2,16,17,18,20). The van der Waals surface area contributed by atoms with E-state index in [0.717, 1.165) is 17.5 Å². The predicted octanol–water partition coefficient (Wildman–Crippen LogP) is 1.94. The Hall–Kier alpha value is -2.40. The van der Waals surface area contributed by atoms with Crippen molar-refractivity contribution in [2.24, 2.45) is 0 Å². The van der Waals surface area contributed by atoms with Crippen LogP contribution in [0.4, 0.5) is 10.5 Å². The van der Waals surface area contributed by atoms with Crippen LogP contribution in [-0.2, 0) is 13.0 Å². The van der Waals surface area contributed by atoms with E-state index in [4.69, 9.17) is 5.11 Å². The third-order valence-corrected chi connectivity index (χ3v) is 2.84. The highest BCUT2D eigenvalue weighted by Crippen LogP contribution is 2.05. The monoisotopic (exact) mass is 271 g/mol. The van der Waals surface area contributed by atoms with Gasteiger partial charge in [0.25, 0.3) is 0 Å². The molecule has 0 aliphatic carbocycles. The number of amides is 2. The number of urea groups is 1. The van der Waals surface area contributed by atoms with E-state index in [0.29, 0.717) is 12.2 Å². The number of aromatic nitrogens is 1. The zero-order valence-electron chi connectivity index (χ0n) is 11.0. The quantitative estimate of drug-likeness (QED) is 0.778. The maximum absolute atomic E-state index is 11.6. The second kappa shape index (κ2) is 7.25. The Morgan fingerprint density at radius 1 is 1.05 bits per heavy atom. The van der Waals surface area contributed by atoms with Gasteiger partial charge in [-0.25, -0.2) is 4.79 Å². The molecule has 2 rings (SSSR count). The van der Waals surface area contributed by atoms with E-state index in [1.165, 1.54) is 0 Å². The predicted molar refractivity (Wildman–Crippen MR) is 77.3 cm³/mol. The largest absolute Gasteiger partial charge is 0.392 e. The molecule has 0 fully saturated rings. The molecule has 0 spiro atoms. The van der Waals surface area contributed by atoms with Crippen molar-refractivity contribution in [1.82, 2.24) is 10.3 Å². The van der Waals surface area contributed by atoms with Gasteiger partial charge in [0.1, 0.15) is 0 Å². The third-order valence-electron chi connectivity index (χ3n) is 2.84. The summed E-state index contributed by atoms with van der Waals surface area (Å²) in [6.07, 6.45) is 3.99. The summed E-state index contributed by atoms with van der Waals surface area (Å²) in [5.74, 6) is 0. The van der Waals surface area contributed by atoms with E-state index in [1.54, 1.807) is 24.5 Å². The van der Waals surface area contributed by atoms with Gasteiger partial charge in [-0.2, -0.15) is 0 Å². The molecule has 1 aromatic carbocycles. The Bertz CT molecular complexity index is 541. The van der Waals surface area contributed by atoms with Crippen LogP contribution in [0.25, 0.3) is 0 Å². The molecule has 2 aromatic rings. The van der Waals surface area contributed by atoms with Crippen LogP contribution in [0.2, 0.25) is 0 Å². The van der Waals surface area contributed by atoms with Gasteiger partial charge in [0, 0.05) is 24.6 Å². The summed E-state index contributed by atoms with van der Waals surface area (Å²) in [7, 11) is 0. The van der Waals surface area contributed by atoms with E-state index < -0.39 is 0 Å². The summed E-state index contributed by atoms with van der Waals surface area (Å²) in [4.78, 5) is 15.5. The lowest BCUT2D eigenvalue weighted by atomic mass is 10.1. The smallest absolute Gasteiger partial charge is 0.319 e. The number of hydrogen-bond donors (Lipinski definition) is 3. The fourth-order valence-electron chi connectivity index (χ4n) is 1.74. The third kappa shape index (κ3) is 4.37. The first-order valence-corrected chi connectivity index (χ1v) is 6.41. The van der Waals surface area contributed by atoms with E-state index in [1.807, 2.05) is 24.3 Å². The van der Waals surface area contributed by atoms with Gasteiger partial charge in [-0.3, -0.25) is 4.98 Å². The van der Waals surface area contributed by atoms with Gasteiger partial charge >= 0.3 is 6.03 Å². The Morgan fingerprint density at radius 2 is 1.70 bits per heavy atom. The number of nitrogens with one attached hydrogen (secondary N) is 2. The van der Waals surface area contributed by atoms with Crippen molar-refractivity contribution in [3.8, 4) is 0 Å². The molecule has 5 heteroatoms. The van der Waals surface area contributed by atoms with E-state index in [-0.39, 0.29) is 12.6 Å². The van der Waals surface area contributed by atoms with Gasteiger partial charge in [0.05, 0.1) is 6.61 Å². The maximum Gasteiger partial charge on any atom is 0.319 e. The first-order valence-electron chi connectivity index (χ1n) is 6.41. The van der Waals surface area contributed by atoms with Crippen molar-refractivity contribution < 1.29 is 9.90 Å². The number of aliphatic hydroxyl groups is 1. The summed E-state index contributed by atoms with van der Waals surface area (Å²) >= 11 is 0. The minimum atomic E-state index is -0.233. The van der Waals surface area contributed by atoms with Crippen LogP contribution in [0.1, 0.15) is 11.1 Å². The molecule has 0 atom stereocenters. The summed E-state index contributed by atoms with van der Waals surface area (Å²) in [6.45, 7) is 0.599. The SMILES string of the molecule is O=C(NCCc1ccc(CO)cc1)Nc1ccncc1. The number of carbonyl (C=O) groups is 1. The van der Waals surface area contributed by atoms with Crippen molar-refractivity contribution in [1.29, 1.82) is 0 Å². The van der Waals surface area contributed by atoms with E-state index >= 15 is 0 Å². The number of anilines is 1. The van der Waals surface area contributed by atoms with Gasteiger partial charge in [0.15, 0.2) is 0 Å². The molecule has 0 aliphatic rings. The summed E-state index contributed by atoms with van der Waals surface area (Å²) in [5.41, 5.74) is 2.72. The van der Waals surface area contributed by atoms with Crippen LogP contribution in [0.5, 0.6) is 0 Å². The topological polar surface area (TPSA) is 74.2 Å². The van der Waals surface area contributed by atoms with Crippen molar-refractivity contribution in [3.63, 3.8) is 0 Å². The van der Waals surface area contributed by atoms with Crippen LogP contribution >= 0.6 is 0 Å². The fraction of sp³-hybridized carbons (Fsp3) is 0.200. The molecular weight excluding hydrogens is 254 g/mol. The normalized spacial score (nSPS) is 10.1. The number of hydrogen-bond acceptors (Lipinski definition) is 3. The molecule has 0 unspecified atom stereocenters. The number of nitrogens with zero attached hydrogens (tertiary/aromatic N) is 1. The number of benzene rings is 1. The highest BCUT2D eigenvalue weighted by atomic mass is 16.3. The lowest BCUT2D eigenvalue weighted by Gasteiger charge is -2.07. The van der Waals surface area contributed by atoms with Crippen molar-refractivity contribution >= 4 is 11.7 Å². The van der Waals surface area contributed by atoms with Gasteiger partial charge in [-0.15, -0.1) is 0 Å². The number of rotatable bonds is 5. The van der Waals surface area contributed by atoms with E-state index in [2.05, 4.69) is 15.6 Å². The van der Waals surface area contributed by atoms with Crippen molar-refractivity contribution in [2.45, 2.75) is 13.0 Å². The van der Waals surface area contributed by atoms with Crippen LogP contribution in [-0.4, -0.2) is 22.7 Å². The van der Waals surface area contributed by atoms with Crippen LogP contribution < -0.4 is 10.6 Å². The lowest BCUT2D eigenvalue weighted by molar-refractivity contribution is 0.252. The fourth-order valence-corrected chi connectivity index (χ4v) is 1.74. The summed E-state index contributed by atoms with van der Waals surface area (Å²) in [6, 6.07) is 10.9. The molecular formula is C15H17N3O2. The molecule has 20 heavy (non-hydrogen) atoms. The Balaban J connectivity index is 1.73. The first-order chi connectivity index (χ1) is 9.78. The lowest BCUT2D eigenvalue weighted by Crippen LogP contribution is -2.30.